The van der Waals surface area contributed by atoms with Crippen LogP contribution in [0.25, 0.3) is 10.9 Å². The summed E-state index contributed by atoms with van der Waals surface area (Å²) in [5, 5.41) is 4.25. The second kappa shape index (κ2) is 8.35. The van der Waals surface area contributed by atoms with Crippen LogP contribution in [-0.4, -0.2) is 29.4 Å². The number of hydrogen-bond acceptors (Lipinski definition) is 2. The van der Waals surface area contributed by atoms with Gasteiger partial charge in [-0.2, -0.15) is 0 Å². The number of carbonyl (C=O) groups excluding carboxylic acids is 2. The van der Waals surface area contributed by atoms with Gasteiger partial charge in [0.2, 0.25) is 5.91 Å². The molecule has 0 saturated carbocycles. The van der Waals surface area contributed by atoms with E-state index < -0.39 is 6.04 Å². The third-order valence-electron chi connectivity index (χ3n) is 6.13. The molecular formula is C27H25N3O2. The van der Waals surface area contributed by atoms with Crippen molar-refractivity contribution < 1.29 is 9.59 Å². The van der Waals surface area contributed by atoms with E-state index in [1.807, 2.05) is 48.7 Å². The normalized spacial score (nSPS) is 15.0. The molecular weight excluding hydrogens is 398 g/mol. The average molecular weight is 424 g/mol. The summed E-state index contributed by atoms with van der Waals surface area (Å²) in [6, 6.07) is 22.7. The highest BCUT2D eigenvalue weighted by Gasteiger charge is 2.38. The largest absolute Gasteiger partial charge is 0.361 e. The van der Waals surface area contributed by atoms with Crippen molar-refractivity contribution in [2.24, 2.45) is 0 Å². The van der Waals surface area contributed by atoms with Crippen LogP contribution >= 0.6 is 0 Å². The number of aromatic nitrogens is 1. The van der Waals surface area contributed by atoms with Gasteiger partial charge in [0, 0.05) is 41.3 Å². The van der Waals surface area contributed by atoms with Gasteiger partial charge in [0.05, 0.1) is 0 Å². The second-order valence-electron chi connectivity index (χ2n) is 8.29. The lowest BCUT2D eigenvalue weighted by molar-refractivity contribution is -0.122. The van der Waals surface area contributed by atoms with Gasteiger partial charge in [-0.1, -0.05) is 48.0 Å². The van der Waals surface area contributed by atoms with Crippen molar-refractivity contribution in [1.29, 1.82) is 0 Å². The molecule has 5 heteroatoms. The van der Waals surface area contributed by atoms with Crippen molar-refractivity contribution in [1.82, 2.24) is 10.3 Å². The van der Waals surface area contributed by atoms with Crippen LogP contribution in [0.5, 0.6) is 0 Å². The molecule has 0 radical (unpaired) electrons. The summed E-state index contributed by atoms with van der Waals surface area (Å²) in [6.45, 7) is 2.59. The SMILES string of the molecule is Cc1ccc2[nH]cc(CCNC(=O)[C@H]3Cc4ccccc4N3C(=O)c3ccccc3)c2c1. The first-order chi connectivity index (χ1) is 15.6. The number of nitrogens with one attached hydrogen (secondary N) is 2. The van der Waals surface area contributed by atoms with E-state index in [2.05, 4.69) is 35.4 Å². The predicted octanol–water partition coefficient (Wildman–Crippen LogP) is 4.41. The number of hydrogen-bond donors (Lipinski definition) is 2. The molecule has 0 fully saturated rings. The molecule has 1 atom stereocenters. The Bertz CT molecular complexity index is 1290. The molecule has 3 aromatic carbocycles. The van der Waals surface area contributed by atoms with Crippen molar-refractivity contribution in [2.45, 2.75) is 25.8 Å². The first-order valence-electron chi connectivity index (χ1n) is 10.9. The van der Waals surface area contributed by atoms with E-state index in [9.17, 15) is 9.59 Å². The van der Waals surface area contributed by atoms with Crippen LogP contribution in [0.1, 0.15) is 27.0 Å². The van der Waals surface area contributed by atoms with E-state index in [1.54, 1.807) is 17.0 Å². The molecule has 5 rings (SSSR count). The molecule has 2 heterocycles. The third-order valence-corrected chi connectivity index (χ3v) is 6.13. The Hall–Kier alpha value is -3.86. The fourth-order valence-corrected chi connectivity index (χ4v) is 4.50. The Morgan fingerprint density at radius 2 is 1.81 bits per heavy atom. The molecule has 160 valence electrons. The van der Waals surface area contributed by atoms with Gasteiger partial charge in [-0.3, -0.25) is 14.5 Å². The number of para-hydroxylation sites is 1. The third kappa shape index (κ3) is 3.66. The number of anilines is 1. The van der Waals surface area contributed by atoms with Gasteiger partial charge in [-0.05, 0) is 54.8 Å². The maximum atomic E-state index is 13.3. The van der Waals surface area contributed by atoms with Crippen LogP contribution in [0.4, 0.5) is 5.69 Å². The highest BCUT2D eigenvalue weighted by Crippen LogP contribution is 2.33. The predicted molar refractivity (Wildman–Crippen MR) is 127 cm³/mol. The van der Waals surface area contributed by atoms with Gasteiger partial charge >= 0.3 is 0 Å². The lowest BCUT2D eigenvalue weighted by Crippen LogP contribution is -2.48. The van der Waals surface area contributed by atoms with E-state index >= 15 is 0 Å². The summed E-state index contributed by atoms with van der Waals surface area (Å²) >= 11 is 0. The Kier molecular flexibility index (Phi) is 5.23. The van der Waals surface area contributed by atoms with E-state index in [-0.39, 0.29) is 11.8 Å². The number of amides is 2. The fourth-order valence-electron chi connectivity index (χ4n) is 4.50. The number of carbonyl (C=O) groups is 2. The van der Waals surface area contributed by atoms with Crippen LogP contribution in [0.2, 0.25) is 0 Å². The molecule has 0 saturated heterocycles. The zero-order chi connectivity index (χ0) is 22.1. The van der Waals surface area contributed by atoms with E-state index in [4.69, 9.17) is 0 Å². The number of nitrogens with zero attached hydrogens (tertiary/aromatic N) is 1. The van der Waals surface area contributed by atoms with Crippen molar-refractivity contribution in [3.8, 4) is 0 Å². The number of aryl methyl sites for hydroxylation is 1. The first-order valence-corrected chi connectivity index (χ1v) is 10.9. The average Bonchev–Trinajstić information content (AvgIpc) is 3.40. The molecule has 0 aliphatic carbocycles. The summed E-state index contributed by atoms with van der Waals surface area (Å²) < 4.78 is 0. The van der Waals surface area contributed by atoms with Gasteiger partial charge < -0.3 is 10.3 Å². The highest BCUT2D eigenvalue weighted by atomic mass is 16.2. The lowest BCUT2D eigenvalue weighted by Gasteiger charge is -2.25. The zero-order valence-corrected chi connectivity index (χ0v) is 18.0. The van der Waals surface area contributed by atoms with Crippen molar-refractivity contribution in [2.75, 3.05) is 11.4 Å². The van der Waals surface area contributed by atoms with Crippen LogP contribution < -0.4 is 10.2 Å². The van der Waals surface area contributed by atoms with Crippen molar-refractivity contribution in [3.05, 3.63) is 101 Å². The monoisotopic (exact) mass is 423 g/mol. The maximum Gasteiger partial charge on any atom is 0.259 e. The lowest BCUT2D eigenvalue weighted by atomic mass is 10.1. The molecule has 32 heavy (non-hydrogen) atoms. The summed E-state index contributed by atoms with van der Waals surface area (Å²) in [5.74, 6) is -0.274. The highest BCUT2D eigenvalue weighted by molar-refractivity contribution is 6.11. The molecule has 4 aromatic rings. The van der Waals surface area contributed by atoms with E-state index in [0.29, 0.717) is 18.5 Å². The van der Waals surface area contributed by atoms with Crippen LogP contribution in [0.3, 0.4) is 0 Å². The van der Waals surface area contributed by atoms with Gasteiger partial charge in [0.15, 0.2) is 0 Å². The van der Waals surface area contributed by atoms with Gasteiger partial charge in [0.1, 0.15) is 6.04 Å². The molecule has 0 spiro atoms. The molecule has 0 bridgehead atoms. The summed E-state index contributed by atoms with van der Waals surface area (Å²) in [7, 11) is 0. The Labute approximate surface area is 187 Å². The summed E-state index contributed by atoms with van der Waals surface area (Å²) in [5.41, 5.74) is 5.90. The maximum absolute atomic E-state index is 13.3. The number of benzene rings is 3. The van der Waals surface area contributed by atoms with Crippen LogP contribution in [0.15, 0.2) is 79.0 Å². The number of H-pyrrole nitrogens is 1. The van der Waals surface area contributed by atoms with Gasteiger partial charge in [0.25, 0.3) is 5.91 Å². The minimum Gasteiger partial charge on any atom is -0.361 e. The van der Waals surface area contributed by atoms with Crippen molar-refractivity contribution >= 4 is 28.4 Å². The van der Waals surface area contributed by atoms with Gasteiger partial charge in [-0.25, -0.2) is 0 Å². The van der Waals surface area contributed by atoms with Gasteiger partial charge in [-0.15, -0.1) is 0 Å². The minimum absolute atomic E-state index is 0.124. The van der Waals surface area contributed by atoms with E-state index in [0.717, 1.165) is 23.2 Å². The molecule has 1 aliphatic rings. The van der Waals surface area contributed by atoms with Crippen LogP contribution in [-0.2, 0) is 17.6 Å². The first kappa shape index (κ1) is 20.1. The molecule has 2 N–H and O–H groups in total. The fraction of sp³-hybridized carbons (Fsp3) is 0.185. The minimum atomic E-state index is -0.551. The molecule has 1 aromatic heterocycles. The Morgan fingerprint density at radius 1 is 1.03 bits per heavy atom. The molecule has 5 nitrogen and oxygen atoms in total. The topological polar surface area (TPSA) is 65.2 Å². The molecule has 2 amide bonds. The quantitative estimate of drug-likeness (QED) is 0.500. The van der Waals surface area contributed by atoms with Crippen LogP contribution in [0, 0.1) is 6.92 Å². The zero-order valence-electron chi connectivity index (χ0n) is 18.0. The Morgan fingerprint density at radius 3 is 2.66 bits per heavy atom. The number of rotatable bonds is 5. The molecule has 0 unspecified atom stereocenters. The summed E-state index contributed by atoms with van der Waals surface area (Å²) in [6.07, 6.45) is 3.25. The Balaban J connectivity index is 1.33. The summed E-state index contributed by atoms with van der Waals surface area (Å²) in [4.78, 5) is 31.4. The van der Waals surface area contributed by atoms with E-state index in [1.165, 1.54) is 16.5 Å². The number of fused-ring (bicyclic) bond motifs is 2. The van der Waals surface area contributed by atoms with Crippen molar-refractivity contribution in [3.63, 3.8) is 0 Å². The second-order valence-corrected chi connectivity index (χ2v) is 8.29. The molecule has 1 aliphatic heterocycles. The number of aromatic amines is 1. The smallest absolute Gasteiger partial charge is 0.259 e. The standard InChI is InChI=1S/C27H25N3O2/c1-18-11-12-23-22(15-18)21(17-29-23)13-14-28-26(31)25-16-20-9-5-6-10-24(20)30(25)27(32)19-7-3-2-4-8-19/h2-12,15,17,25,29H,13-14,16H2,1H3,(H,28,31)/t25-/m1/s1.